The molecule has 0 aliphatic rings. The summed E-state index contributed by atoms with van der Waals surface area (Å²) in [4.78, 5) is 30.6. The molecule has 0 amide bonds. The number of hydrogen-bond donors (Lipinski definition) is 0. The maximum Gasteiger partial charge on any atom is 0.328 e. The van der Waals surface area contributed by atoms with Gasteiger partial charge in [0.1, 0.15) is 11.6 Å². The summed E-state index contributed by atoms with van der Waals surface area (Å²) >= 11 is 6.16. The lowest BCUT2D eigenvalue weighted by Gasteiger charge is -2.12. The van der Waals surface area contributed by atoms with Gasteiger partial charge in [-0.3, -0.25) is 4.79 Å². The summed E-state index contributed by atoms with van der Waals surface area (Å²) in [7, 11) is 1.36. The van der Waals surface area contributed by atoms with Crippen LogP contribution in [0.3, 0.4) is 0 Å². The van der Waals surface area contributed by atoms with Crippen LogP contribution in [0.25, 0.3) is 44.4 Å². The van der Waals surface area contributed by atoms with Gasteiger partial charge in [-0.05, 0) is 49.4 Å². The van der Waals surface area contributed by atoms with Gasteiger partial charge in [0.15, 0.2) is 5.76 Å². The Kier molecular flexibility index (Phi) is 5.81. The number of furan rings is 1. The van der Waals surface area contributed by atoms with Crippen LogP contribution in [0.1, 0.15) is 18.5 Å². The third kappa shape index (κ3) is 3.95. The number of hydrogen-bond acceptors (Lipinski definition) is 6. The highest BCUT2D eigenvalue weighted by molar-refractivity contribution is 6.31. The van der Waals surface area contributed by atoms with Gasteiger partial charge >= 0.3 is 5.97 Å². The Balaban J connectivity index is 1.54. The number of methoxy groups -OCH3 is 1. The predicted molar refractivity (Wildman–Crippen MR) is 148 cm³/mol. The lowest BCUT2D eigenvalue weighted by Crippen LogP contribution is -2.20. The third-order valence-electron chi connectivity index (χ3n) is 6.50. The molecular weight excluding hydrogens is 504 g/mol. The quantitative estimate of drug-likeness (QED) is 0.203. The first kappa shape index (κ1) is 23.7. The number of benzene rings is 3. The van der Waals surface area contributed by atoms with Gasteiger partial charge in [-0.25, -0.2) is 9.78 Å². The fraction of sp³-hybridized carbons (Fsp3) is 0.103. The van der Waals surface area contributed by atoms with Crippen LogP contribution >= 0.6 is 11.6 Å². The Morgan fingerprint density at radius 1 is 1.08 bits per heavy atom. The van der Waals surface area contributed by atoms with Crippen LogP contribution < -0.4 is 5.56 Å². The first-order valence-corrected chi connectivity index (χ1v) is 12.3. The van der Waals surface area contributed by atoms with E-state index in [9.17, 15) is 9.59 Å². The fourth-order valence-electron chi connectivity index (χ4n) is 4.57. The summed E-state index contributed by atoms with van der Waals surface area (Å²) < 4.78 is 14.0. The van der Waals surface area contributed by atoms with E-state index in [0.717, 1.165) is 21.9 Å². The Hall–Kier alpha value is -4.69. The number of ether oxygens (including phenoxy) is 1. The molecule has 3 aromatic carbocycles. The number of nitrogens with zero attached hydrogens (tertiary/aromatic N) is 4. The summed E-state index contributed by atoms with van der Waals surface area (Å²) in [5.41, 5.74) is 2.36. The van der Waals surface area contributed by atoms with Crippen molar-refractivity contribution in [2.75, 3.05) is 7.11 Å². The molecule has 0 bridgehead atoms. The van der Waals surface area contributed by atoms with Crippen LogP contribution in [0.15, 0.2) is 93.3 Å². The van der Waals surface area contributed by atoms with Crippen molar-refractivity contribution in [3.63, 3.8) is 0 Å². The zero-order valence-electron chi connectivity index (χ0n) is 20.5. The number of carbonyl (C=O) groups excluding carboxylic acids is 1. The molecule has 0 radical (unpaired) electrons. The van der Waals surface area contributed by atoms with E-state index < -0.39 is 6.04 Å². The van der Waals surface area contributed by atoms with Crippen LogP contribution in [0, 0.1) is 0 Å². The van der Waals surface area contributed by atoms with E-state index in [2.05, 4.69) is 5.10 Å². The molecule has 0 unspecified atom stereocenters. The van der Waals surface area contributed by atoms with Crippen LogP contribution in [0.4, 0.5) is 0 Å². The number of carbonyl (C=O) groups is 1. The standard InChI is InChI=1S/C29H21ClN4O4/c1-17(29(36)37-2)33-16-19(21-7-4-6-10-24(21)33)15-31-34-27(32-23-9-5-3-8-22(23)28(34)35)26-14-18-13-20(30)11-12-25(18)38-26/h3-17H,1-2H3/t17-/m1/s1. The van der Waals surface area contributed by atoms with E-state index >= 15 is 0 Å². The molecule has 0 N–H and O–H groups in total. The van der Waals surface area contributed by atoms with E-state index in [4.69, 9.17) is 25.7 Å². The van der Waals surface area contributed by atoms with Crippen molar-refractivity contribution in [1.29, 1.82) is 0 Å². The molecule has 3 aromatic heterocycles. The summed E-state index contributed by atoms with van der Waals surface area (Å²) in [6.45, 7) is 1.77. The lowest BCUT2D eigenvalue weighted by atomic mass is 10.2. The van der Waals surface area contributed by atoms with Crippen LogP contribution in [0.2, 0.25) is 5.02 Å². The van der Waals surface area contributed by atoms with Gasteiger partial charge < -0.3 is 13.7 Å². The van der Waals surface area contributed by atoms with E-state index in [1.165, 1.54) is 11.8 Å². The fourth-order valence-corrected chi connectivity index (χ4v) is 4.75. The minimum atomic E-state index is -0.546. The first-order valence-electron chi connectivity index (χ1n) is 11.9. The maximum atomic E-state index is 13.6. The van der Waals surface area contributed by atoms with Crippen molar-refractivity contribution in [2.45, 2.75) is 13.0 Å². The molecule has 0 saturated carbocycles. The smallest absolute Gasteiger partial charge is 0.328 e. The van der Waals surface area contributed by atoms with Gasteiger partial charge in [-0.1, -0.05) is 41.9 Å². The monoisotopic (exact) mass is 524 g/mol. The molecule has 3 heterocycles. The average molecular weight is 525 g/mol. The van der Waals surface area contributed by atoms with E-state index in [1.807, 2.05) is 41.1 Å². The Labute approximate surface area is 221 Å². The van der Waals surface area contributed by atoms with Gasteiger partial charge in [0.2, 0.25) is 5.82 Å². The van der Waals surface area contributed by atoms with Crippen LogP contribution in [0.5, 0.6) is 0 Å². The number of rotatable bonds is 5. The van der Waals surface area contributed by atoms with Gasteiger partial charge in [0.05, 0.1) is 24.2 Å². The second kappa shape index (κ2) is 9.32. The zero-order chi connectivity index (χ0) is 26.4. The molecule has 8 nitrogen and oxygen atoms in total. The highest BCUT2D eigenvalue weighted by Crippen LogP contribution is 2.29. The summed E-state index contributed by atoms with van der Waals surface area (Å²) in [5.74, 6) is 0.268. The van der Waals surface area contributed by atoms with Crippen LogP contribution in [-0.2, 0) is 9.53 Å². The van der Waals surface area contributed by atoms with Crippen molar-refractivity contribution >= 4 is 56.6 Å². The van der Waals surface area contributed by atoms with Crippen molar-refractivity contribution in [3.05, 3.63) is 99.9 Å². The molecule has 0 aliphatic carbocycles. The Morgan fingerprint density at radius 2 is 1.84 bits per heavy atom. The number of aromatic nitrogens is 3. The van der Waals surface area contributed by atoms with Crippen LogP contribution in [-0.4, -0.2) is 33.5 Å². The van der Waals surface area contributed by atoms with Gasteiger partial charge in [0, 0.05) is 33.1 Å². The van der Waals surface area contributed by atoms with Crippen molar-refractivity contribution in [3.8, 4) is 11.6 Å². The third-order valence-corrected chi connectivity index (χ3v) is 6.73. The van der Waals surface area contributed by atoms with Gasteiger partial charge in [0.25, 0.3) is 5.56 Å². The molecule has 6 rings (SSSR count). The summed E-state index contributed by atoms with van der Waals surface area (Å²) in [6.07, 6.45) is 3.40. The average Bonchev–Trinajstić information content (AvgIpc) is 3.53. The van der Waals surface area contributed by atoms with Crippen molar-refractivity contribution in [1.82, 2.24) is 14.2 Å². The number of halogens is 1. The SMILES string of the molecule is COC(=O)[C@@H](C)n1cc(C=Nn2c(-c3cc4cc(Cl)ccc4o3)nc3ccccc3c2=O)c2ccccc21. The minimum absolute atomic E-state index is 0.254. The molecule has 0 spiro atoms. The van der Waals surface area contributed by atoms with E-state index in [0.29, 0.717) is 27.3 Å². The first-order chi connectivity index (χ1) is 18.4. The zero-order valence-corrected chi connectivity index (χ0v) is 21.2. The Morgan fingerprint density at radius 3 is 2.66 bits per heavy atom. The molecule has 1 atom stereocenters. The van der Waals surface area contributed by atoms with E-state index in [1.54, 1.807) is 55.6 Å². The maximum absolute atomic E-state index is 13.6. The molecular formula is C29H21ClN4O4. The molecule has 188 valence electrons. The second-order valence-corrected chi connectivity index (χ2v) is 9.25. The number of fused-ring (bicyclic) bond motifs is 3. The Bertz CT molecular complexity index is 1950. The number of esters is 1. The topological polar surface area (TPSA) is 91.6 Å². The number of para-hydroxylation sites is 2. The summed E-state index contributed by atoms with van der Waals surface area (Å²) in [6, 6.07) is 21.3. The van der Waals surface area contributed by atoms with E-state index in [-0.39, 0.29) is 17.4 Å². The minimum Gasteiger partial charge on any atom is -0.467 e. The van der Waals surface area contributed by atoms with Crippen molar-refractivity contribution in [2.24, 2.45) is 5.10 Å². The second-order valence-electron chi connectivity index (χ2n) is 8.81. The lowest BCUT2D eigenvalue weighted by molar-refractivity contribution is -0.143. The highest BCUT2D eigenvalue weighted by Gasteiger charge is 2.20. The van der Waals surface area contributed by atoms with Gasteiger partial charge in [-0.2, -0.15) is 9.78 Å². The van der Waals surface area contributed by atoms with Crippen molar-refractivity contribution < 1.29 is 13.9 Å². The molecule has 0 fully saturated rings. The van der Waals surface area contributed by atoms with Gasteiger partial charge in [-0.15, -0.1) is 0 Å². The predicted octanol–water partition coefficient (Wildman–Crippen LogP) is 6.03. The molecule has 6 aromatic rings. The molecule has 0 aliphatic heterocycles. The molecule has 9 heteroatoms. The molecule has 0 saturated heterocycles. The normalized spacial score (nSPS) is 12.6. The largest absolute Gasteiger partial charge is 0.467 e. The molecule has 38 heavy (non-hydrogen) atoms. The summed E-state index contributed by atoms with van der Waals surface area (Å²) in [5, 5.41) is 7.23. The highest BCUT2D eigenvalue weighted by atomic mass is 35.5.